The highest BCUT2D eigenvalue weighted by Gasteiger charge is 2.37. The van der Waals surface area contributed by atoms with Gasteiger partial charge in [0.1, 0.15) is 5.75 Å². The van der Waals surface area contributed by atoms with Gasteiger partial charge in [-0.2, -0.15) is 0 Å². The van der Waals surface area contributed by atoms with E-state index in [9.17, 15) is 14.7 Å². The summed E-state index contributed by atoms with van der Waals surface area (Å²) in [5.41, 5.74) is 3.11. The van der Waals surface area contributed by atoms with Crippen LogP contribution in [0, 0.1) is 0 Å². The Balaban J connectivity index is 2.42. The largest absolute Gasteiger partial charge is 0.507 e. The van der Waals surface area contributed by atoms with Gasteiger partial charge in [0.15, 0.2) is 0 Å². The second-order valence-corrected chi connectivity index (χ2v) is 4.03. The van der Waals surface area contributed by atoms with Crippen LogP contribution in [-0.2, 0) is 0 Å². The zero-order valence-electron chi connectivity index (χ0n) is 9.60. The quantitative estimate of drug-likeness (QED) is 0.739. The third-order valence-corrected chi connectivity index (χ3v) is 3.10. The fraction of sp³-hybridized carbons (Fsp3) is 0.0769. The molecule has 0 unspecified atom stereocenters. The van der Waals surface area contributed by atoms with E-state index in [2.05, 4.69) is 5.43 Å². The van der Waals surface area contributed by atoms with Gasteiger partial charge in [0, 0.05) is 12.4 Å². The summed E-state index contributed by atoms with van der Waals surface area (Å²) in [7, 11) is 1.50. The van der Waals surface area contributed by atoms with Gasteiger partial charge in [-0.3, -0.25) is 9.59 Å². The number of carbonyl (C=O) groups is 2. The lowest BCUT2D eigenvalue weighted by Gasteiger charge is -2.10. The monoisotopic (exact) mass is 242 g/mol. The Kier molecular flexibility index (Phi) is 2.11. The molecule has 1 aliphatic heterocycles. The number of phenolic OH excluding ortho intramolecular Hbond substituents is 1. The number of aromatic hydroxyl groups is 1. The van der Waals surface area contributed by atoms with Crippen LogP contribution < -0.4 is 5.43 Å². The molecule has 90 valence electrons. The van der Waals surface area contributed by atoms with E-state index in [1.165, 1.54) is 13.1 Å². The van der Waals surface area contributed by atoms with E-state index in [-0.39, 0.29) is 11.3 Å². The molecule has 0 aromatic heterocycles. The van der Waals surface area contributed by atoms with Crippen LogP contribution in [0.4, 0.5) is 0 Å². The van der Waals surface area contributed by atoms with Gasteiger partial charge in [-0.15, -0.1) is 0 Å². The fourth-order valence-corrected chi connectivity index (χ4v) is 2.28. The molecule has 2 amide bonds. The second kappa shape index (κ2) is 3.54. The van der Waals surface area contributed by atoms with E-state index in [4.69, 9.17) is 0 Å². The van der Waals surface area contributed by atoms with Crippen LogP contribution in [0.15, 0.2) is 30.3 Å². The van der Waals surface area contributed by atoms with Gasteiger partial charge in [-0.05, 0) is 11.5 Å². The van der Waals surface area contributed by atoms with Crippen molar-refractivity contribution >= 4 is 22.6 Å². The number of phenols is 1. The predicted octanol–water partition coefficient (Wildman–Crippen LogP) is 1.28. The SMILES string of the molecule is CNN1C(=O)c2cc(O)c3ccccc3c2C1=O. The van der Waals surface area contributed by atoms with Crippen LogP contribution >= 0.6 is 0 Å². The maximum Gasteiger partial charge on any atom is 0.276 e. The number of hydrogen-bond donors (Lipinski definition) is 2. The van der Waals surface area contributed by atoms with E-state index in [0.29, 0.717) is 16.3 Å². The highest BCUT2D eigenvalue weighted by atomic mass is 16.3. The molecule has 2 aromatic carbocycles. The predicted molar refractivity (Wildman–Crippen MR) is 65.2 cm³/mol. The van der Waals surface area contributed by atoms with Gasteiger partial charge >= 0.3 is 0 Å². The third-order valence-electron chi connectivity index (χ3n) is 3.10. The molecule has 0 saturated carbocycles. The highest BCUT2D eigenvalue weighted by molar-refractivity contribution is 6.26. The summed E-state index contributed by atoms with van der Waals surface area (Å²) >= 11 is 0. The number of hydrazine groups is 1. The summed E-state index contributed by atoms with van der Waals surface area (Å²) < 4.78 is 0. The van der Waals surface area contributed by atoms with Crippen molar-refractivity contribution in [3.8, 4) is 5.75 Å². The average Bonchev–Trinajstić information content (AvgIpc) is 2.62. The van der Waals surface area contributed by atoms with Crippen molar-refractivity contribution in [2.75, 3.05) is 7.05 Å². The van der Waals surface area contributed by atoms with Crippen LogP contribution in [0.25, 0.3) is 10.8 Å². The Morgan fingerprint density at radius 3 is 2.44 bits per heavy atom. The van der Waals surface area contributed by atoms with Crippen LogP contribution in [0.1, 0.15) is 20.7 Å². The van der Waals surface area contributed by atoms with Crippen molar-refractivity contribution in [2.24, 2.45) is 0 Å². The van der Waals surface area contributed by atoms with E-state index in [0.717, 1.165) is 5.01 Å². The zero-order valence-corrected chi connectivity index (χ0v) is 9.60. The van der Waals surface area contributed by atoms with Gasteiger partial charge in [-0.25, -0.2) is 10.4 Å². The maximum absolute atomic E-state index is 12.1. The molecular weight excluding hydrogens is 232 g/mol. The number of nitrogens with zero attached hydrogens (tertiary/aromatic N) is 1. The summed E-state index contributed by atoms with van der Waals surface area (Å²) in [6.07, 6.45) is 0. The number of fused-ring (bicyclic) bond motifs is 3. The average molecular weight is 242 g/mol. The van der Waals surface area contributed by atoms with Gasteiger partial charge in [0.2, 0.25) is 0 Å². The first-order valence-corrected chi connectivity index (χ1v) is 5.46. The lowest BCUT2D eigenvalue weighted by atomic mass is 9.99. The Labute approximate surface area is 103 Å². The summed E-state index contributed by atoms with van der Waals surface area (Å²) in [4.78, 5) is 24.1. The summed E-state index contributed by atoms with van der Waals surface area (Å²) in [5, 5.41) is 12.0. The lowest BCUT2D eigenvalue weighted by Crippen LogP contribution is -2.39. The first kappa shape index (κ1) is 10.7. The van der Waals surface area contributed by atoms with Crippen LogP contribution in [0.2, 0.25) is 0 Å². The number of hydrogen-bond acceptors (Lipinski definition) is 4. The minimum atomic E-state index is -0.446. The molecule has 5 nitrogen and oxygen atoms in total. The molecule has 18 heavy (non-hydrogen) atoms. The molecule has 5 heteroatoms. The van der Waals surface area contributed by atoms with E-state index in [1.807, 2.05) is 0 Å². The third kappa shape index (κ3) is 1.19. The fourth-order valence-electron chi connectivity index (χ4n) is 2.28. The lowest BCUT2D eigenvalue weighted by molar-refractivity contribution is 0.0587. The van der Waals surface area contributed by atoms with Crippen LogP contribution in [-0.4, -0.2) is 29.0 Å². The van der Waals surface area contributed by atoms with Crippen molar-refractivity contribution in [1.82, 2.24) is 10.4 Å². The van der Waals surface area contributed by atoms with Crippen LogP contribution in [0.5, 0.6) is 5.75 Å². The first-order chi connectivity index (χ1) is 8.65. The normalized spacial score (nSPS) is 14.4. The molecule has 0 aliphatic carbocycles. The molecule has 1 heterocycles. The number of rotatable bonds is 1. The number of carbonyl (C=O) groups excluding carboxylic acids is 2. The van der Waals surface area contributed by atoms with Crippen molar-refractivity contribution in [3.05, 3.63) is 41.5 Å². The van der Waals surface area contributed by atoms with Gasteiger partial charge in [-0.1, -0.05) is 24.3 Å². The Morgan fingerprint density at radius 1 is 1.11 bits per heavy atom. The molecule has 0 atom stereocenters. The smallest absolute Gasteiger partial charge is 0.276 e. The second-order valence-electron chi connectivity index (χ2n) is 4.03. The van der Waals surface area contributed by atoms with Crippen LogP contribution in [0.3, 0.4) is 0 Å². The number of nitrogens with one attached hydrogen (secondary N) is 1. The molecule has 3 rings (SSSR count). The Bertz CT molecular complexity index is 694. The van der Waals surface area contributed by atoms with E-state index >= 15 is 0 Å². The molecule has 1 aliphatic rings. The number of benzene rings is 2. The van der Waals surface area contributed by atoms with Crippen molar-refractivity contribution in [2.45, 2.75) is 0 Å². The molecule has 2 aromatic rings. The highest BCUT2D eigenvalue weighted by Crippen LogP contribution is 2.34. The van der Waals surface area contributed by atoms with Gasteiger partial charge in [0.25, 0.3) is 11.8 Å². The zero-order chi connectivity index (χ0) is 12.9. The molecule has 0 fully saturated rings. The summed E-state index contributed by atoms with van der Waals surface area (Å²) in [5.74, 6) is -0.837. The molecule has 0 bridgehead atoms. The van der Waals surface area contributed by atoms with Gasteiger partial charge < -0.3 is 5.11 Å². The van der Waals surface area contributed by atoms with Crippen molar-refractivity contribution in [3.63, 3.8) is 0 Å². The molecular formula is C13H10N2O3. The molecule has 0 spiro atoms. The van der Waals surface area contributed by atoms with Crippen molar-refractivity contribution in [1.29, 1.82) is 0 Å². The molecule has 0 saturated heterocycles. The Hall–Kier alpha value is -2.40. The van der Waals surface area contributed by atoms with E-state index in [1.54, 1.807) is 24.3 Å². The summed E-state index contributed by atoms with van der Waals surface area (Å²) in [6.45, 7) is 0. The number of amides is 2. The van der Waals surface area contributed by atoms with Gasteiger partial charge in [0.05, 0.1) is 11.1 Å². The minimum Gasteiger partial charge on any atom is -0.507 e. The number of imide groups is 1. The topological polar surface area (TPSA) is 69.6 Å². The maximum atomic E-state index is 12.1. The molecule has 2 N–H and O–H groups in total. The standard InChI is InChI=1S/C13H10N2O3/c1-14-15-12(17)9-6-10(16)7-4-2-3-5-8(7)11(9)13(15)18/h2-6,14,16H,1H3. The minimum absolute atomic E-state index is 0.00320. The first-order valence-electron chi connectivity index (χ1n) is 5.46. The summed E-state index contributed by atoms with van der Waals surface area (Å²) in [6, 6.07) is 8.31. The van der Waals surface area contributed by atoms with Crippen molar-refractivity contribution < 1.29 is 14.7 Å². The molecule has 0 radical (unpaired) electrons. The van der Waals surface area contributed by atoms with E-state index < -0.39 is 11.8 Å². The Morgan fingerprint density at radius 2 is 1.78 bits per heavy atom.